The van der Waals surface area contributed by atoms with E-state index in [0.29, 0.717) is 0 Å². The number of aliphatic hydroxyl groups is 5. The molecule has 10 N–H and O–H groups in total. The van der Waals surface area contributed by atoms with Crippen molar-refractivity contribution in [1.29, 1.82) is 0 Å². The highest BCUT2D eigenvalue weighted by molar-refractivity contribution is 5.73. The third-order valence-corrected chi connectivity index (χ3v) is 2.75. The van der Waals surface area contributed by atoms with Gasteiger partial charge in [-0.15, -0.1) is 0 Å². The molecule has 0 saturated carbocycles. The first-order chi connectivity index (χ1) is 9.13. The number of carboxylic acid groups (broad SMARTS) is 1. The fourth-order valence-electron chi connectivity index (χ4n) is 1.32. The largest absolute Gasteiger partial charge is 0.480 e. The normalized spacial score (nSPS) is 36.5. The summed E-state index contributed by atoms with van der Waals surface area (Å²) in [5, 5.41) is 52.6. The highest BCUT2D eigenvalue weighted by atomic mass is 16.6. The molecule has 20 heavy (non-hydrogen) atoms. The number of hydrogen-bond donors (Lipinski definition) is 8. The first-order valence-electron chi connectivity index (χ1n) is 5.86. The van der Waals surface area contributed by atoms with Gasteiger partial charge in [0.1, 0.15) is 24.4 Å². The molecule has 7 atom stereocenters. The molecule has 120 valence electrons. The van der Waals surface area contributed by atoms with Gasteiger partial charge < -0.3 is 46.8 Å². The van der Waals surface area contributed by atoms with Crippen molar-refractivity contribution in [3.63, 3.8) is 0 Å². The number of hydrogen-bond acceptors (Lipinski definition) is 9. The van der Waals surface area contributed by atoms with E-state index in [9.17, 15) is 15.0 Å². The van der Waals surface area contributed by atoms with Crippen molar-refractivity contribution in [3.8, 4) is 0 Å². The number of ether oxygens (including phenoxy) is 1. The summed E-state index contributed by atoms with van der Waals surface area (Å²) in [5.74, 6) is -1.18. The van der Waals surface area contributed by atoms with Gasteiger partial charge in [-0.05, 0) is 6.92 Å². The third-order valence-electron chi connectivity index (χ3n) is 2.75. The first-order valence-corrected chi connectivity index (χ1v) is 5.86. The Bertz CT molecular complexity index is 298. The van der Waals surface area contributed by atoms with Crippen LogP contribution in [0.1, 0.15) is 6.92 Å². The monoisotopic (exact) mass is 298 g/mol. The molecule has 1 aliphatic rings. The highest BCUT2D eigenvalue weighted by Crippen LogP contribution is 2.17. The van der Waals surface area contributed by atoms with Gasteiger partial charge in [-0.1, -0.05) is 0 Å². The Balaban J connectivity index is 0.000000396. The second kappa shape index (κ2) is 8.44. The lowest BCUT2D eigenvalue weighted by atomic mass is 9.98. The number of rotatable bonds is 3. The van der Waals surface area contributed by atoms with E-state index >= 15 is 0 Å². The fraction of sp³-hybridized carbons (Fsp3) is 0.900. The number of carboxylic acids is 1. The van der Waals surface area contributed by atoms with E-state index in [0.717, 1.165) is 0 Å². The Morgan fingerprint density at radius 3 is 2.10 bits per heavy atom. The Hall–Kier alpha value is -0.850. The molecule has 0 spiro atoms. The lowest BCUT2D eigenvalue weighted by molar-refractivity contribution is -0.248. The van der Waals surface area contributed by atoms with Crippen LogP contribution in [0.25, 0.3) is 0 Å². The van der Waals surface area contributed by atoms with Crippen LogP contribution in [-0.4, -0.2) is 86.0 Å². The molecule has 3 unspecified atom stereocenters. The van der Waals surface area contributed by atoms with Gasteiger partial charge >= 0.3 is 5.97 Å². The molecule has 0 aliphatic carbocycles. The summed E-state index contributed by atoms with van der Waals surface area (Å²) in [5.41, 5.74) is 10.2. The predicted molar refractivity (Wildman–Crippen MR) is 65.2 cm³/mol. The van der Waals surface area contributed by atoms with Crippen molar-refractivity contribution in [2.75, 3.05) is 6.61 Å². The quantitative estimate of drug-likeness (QED) is 0.251. The van der Waals surface area contributed by atoms with E-state index < -0.39 is 55.4 Å². The van der Waals surface area contributed by atoms with E-state index in [4.69, 9.17) is 36.6 Å². The van der Waals surface area contributed by atoms with Crippen LogP contribution in [0.3, 0.4) is 0 Å². The third kappa shape index (κ3) is 5.26. The second-order valence-electron chi connectivity index (χ2n) is 4.41. The van der Waals surface area contributed by atoms with Crippen molar-refractivity contribution < 1.29 is 40.2 Å². The zero-order chi connectivity index (χ0) is 16.0. The standard InChI is InChI=1S/C6H13NO5.C4H9NO3/c7-3-5(10)4(9)2(1-8)12-6(3)11;1-2(6)3(5)4(7)8/h2-6,8-11H,1,7H2;2-3,6H,5H2,1H3,(H,7,8)/t2-,3-,4+,5-,6?;/m1./s1. The fourth-order valence-corrected chi connectivity index (χ4v) is 1.32. The molecule has 1 rings (SSSR count). The minimum Gasteiger partial charge on any atom is -0.480 e. The molecule has 1 fully saturated rings. The maximum Gasteiger partial charge on any atom is 0.323 e. The Kier molecular flexibility index (Phi) is 8.08. The van der Waals surface area contributed by atoms with Gasteiger partial charge in [0.05, 0.1) is 18.8 Å². The molecule has 1 aliphatic heterocycles. The van der Waals surface area contributed by atoms with Crippen LogP contribution in [-0.2, 0) is 9.53 Å². The van der Waals surface area contributed by atoms with Crippen molar-refractivity contribution in [3.05, 3.63) is 0 Å². The zero-order valence-corrected chi connectivity index (χ0v) is 10.9. The molecule has 0 bridgehead atoms. The van der Waals surface area contributed by atoms with Gasteiger partial charge in [0.2, 0.25) is 0 Å². The average Bonchev–Trinajstić information content (AvgIpc) is 2.40. The summed E-state index contributed by atoms with van der Waals surface area (Å²) >= 11 is 0. The van der Waals surface area contributed by atoms with Gasteiger partial charge in [0.25, 0.3) is 0 Å². The summed E-state index contributed by atoms with van der Waals surface area (Å²) in [6, 6.07) is -2.20. The summed E-state index contributed by atoms with van der Waals surface area (Å²) in [6.07, 6.45) is -5.83. The molecule has 0 aromatic carbocycles. The maximum absolute atomic E-state index is 9.86. The minimum atomic E-state index is -1.35. The van der Waals surface area contributed by atoms with Crippen LogP contribution in [0.15, 0.2) is 0 Å². The highest BCUT2D eigenvalue weighted by Gasteiger charge is 2.41. The summed E-state index contributed by atoms with van der Waals surface area (Å²) in [6.45, 7) is 0.862. The molecule has 10 heteroatoms. The van der Waals surface area contributed by atoms with Crippen LogP contribution in [0.5, 0.6) is 0 Å². The Morgan fingerprint density at radius 2 is 1.80 bits per heavy atom. The van der Waals surface area contributed by atoms with Crippen molar-refractivity contribution in [2.45, 2.75) is 49.7 Å². The summed E-state index contributed by atoms with van der Waals surface area (Å²) in [4.78, 5) is 9.86. The van der Waals surface area contributed by atoms with Crippen molar-refractivity contribution in [2.24, 2.45) is 11.5 Å². The molecule has 1 heterocycles. The van der Waals surface area contributed by atoms with Gasteiger partial charge in [-0.2, -0.15) is 0 Å². The molecule has 0 radical (unpaired) electrons. The minimum absolute atomic E-state index is 0.470. The summed E-state index contributed by atoms with van der Waals surface area (Å²) in [7, 11) is 0. The molecular formula is C10H22N2O8. The molecule has 0 amide bonds. The maximum atomic E-state index is 9.86. The molecule has 1 saturated heterocycles. The second-order valence-corrected chi connectivity index (χ2v) is 4.41. The SMILES string of the molecule is CC(O)C(N)C(=O)O.N[C@H]1C(O)O[C@H](CO)[C@H](O)[C@@H]1O. The zero-order valence-electron chi connectivity index (χ0n) is 10.9. The van der Waals surface area contributed by atoms with Gasteiger partial charge in [0, 0.05) is 0 Å². The van der Waals surface area contributed by atoms with E-state index in [1.807, 2.05) is 0 Å². The van der Waals surface area contributed by atoms with Crippen LogP contribution >= 0.6 is 0 Å². The number of aliphatic hydroxyl groups excluding tert-OH is 5. The lowest BCUT2D eigenvalue weighted by Gasteiger charge is -2.38. The van der Waals surface area contributed by atoms with E-state index in [1.165, 1.54) is 6.92 Å². The molecule has 10 nitrogen and oxygen atoms in total. The van der Waals surface area contributed by atoms with Gasteiger partial charge in [0.15, 0.2) is 6.29 Å². The smallest absolute Gasteiger partial charge is 0.323 e. The van der Waals surface area contributed by atoms with Gasteiger partial charge in [-0.3, -0.25) is 4.79 Å². The van der Waals surface area contributed by atoms with Crippen molar-refractivity contribution >= 4 is 5.97 Å². The molecule has 0 aromatic rings. The van der Waals surface area contributed by atoms with E-state index in [-0.39, 0.29) is 0 Å². The van der Waals surface area contributed by atoms with Crippen LogP contribution in [0.4, 0.5) is 0 Å². The van der Waals surface area contributed by atoms with Gasteiger partial charge in [-0.25, -0.2) is 0 Å². The number of carbonyl (C=O) groups is 1. The predicted octanol–water partition coefficient (Wildman–Crippen LogP) is -4.48. The van der Waals surface area contributed by atoms with Crippen molar-refractivity contribution in [1.82, 2.24) is 0 Å². The van der Waals surface area contributed by atoms with E-state index in [2.05, 4.69) is 0 Å². The molecular weight excluding hydrogens is 276 g/mol. The Labute approximate surface area is 115 Å². The number of nitrogens with two attached hydrogens (primary N) is 2. The first kappa shape index (κ1) is 19.1. The van der Waals surface area contributed by atoms with Crippen LogP contribution in [0.2, 0.25) is 0 Å². The average molecular weight is 298 g/mol. The summed E-state index contributed by atoms with van der Waals surface area (Å²) < 4.78 is 4.70. The Morgan fingerprint density at radius 1 is 1.30 bits per heavy atom. The molecule has 0 aromatic heterocycles. The topological polar surface area (TPSA) is 200 Å². The number of aliphatic carboxylic acids is 1. The van der Waals surface area contributed by atoms with Crippen LogP contribution in [0, 0.1) is 0 Å². The van der Waals surface area contributed by atoms with Crippen LogP contribution < -0.4 is 11.5 Å². The van der Waals surface area contributed by atoms with E-state index in [1.54, 1.807) is 0 Å². The lowest BCUT2D eigenvalue weighted by Crippen LogP contribution is -2.61.